The van der Waals surface area contributed by atoms with E-state index in [2.05, 4.69) is 48.6 Å². The zero-order valence-electron chi connectivity index (χ0n) is 25.9. The number of hydrogen-bond acceptors (Lipinski definition) is 8. The summed E-state index contributed by atoms with van der Waals surface area (Å²) in [5.74, 6) is 1.85. The summed E-state index contributed by atoms with van der Waals surface area (Å²) in [5, 5.41) is 1.23. The van der Waals surface area contributed by atoms with Crippen molar-refractivity contribution < 1.29 is 23.7 Å². The van der Waals surface area contributed by atoms with Gasteiger partial charge >= 0.3 is 6.16 Å². The molecule has 236 valence electrons. The summed E-state index contributed by atoms with van der Waals surface area (Å²) in [5.41, 5.74) is 2.88. The summed E-state index contributed by atoms with van der Waals surface area (Å²) < 4.78 is 22.0. The molecule has 0 bridgehead atoms. The highest BCUT2D eigenvalue weighted by Crippen LogP contribution is 2.33. The highest BCUT2D eigenvalue weighted by Gasteiger charge is 2.23. The van der Waals surface area contributed by atoms with Crippen LogP contribution in [0.2, 0.25) is 10.0 Å². The van der Waals surface area contributed by atoms with Crippen molar-refractivity contribution in [2.24, 2.45) is 16.3 Å². The van der Waals surface area contributed by atoms with Crippen LogP contribution in [0.25, 0.3) is 0 Å². The lowest BCUT2D eigenvalue weighted by Gasteiger charge is -2.36. The van der Waals surface area contributed by atoms with Gasteiger partial charge in [-0.25, -0.2) is 9.79 Å². The van der Waals surface area contributed by atoms with Gasteiger partial charge in [-0.15, -0.1) is 0 Å². The molecule has 0 atom stereocenters. The van der Waals surface area contributed by atoms with Gasteiger partial charge in [0.25, 0.3) is 0 Å². The quantitative estimate of drug-likeness (QED) is 0.125. The number of halogens is 2. The first kappa shape index (κ1) is 33.2. The first-order valence-corrected chi connectivity index (χ1v) is 16.0. The SMILES string of the molecule is CC(C)CC(C)(C)COC(=O)OCOC1=Nc2cc(OCCCCN3CCN(c4cccc(Cl)c4Cl)CC3)ccc2CC1. The molecule has 43 heavy (non-hydrogen) atoms. The Morgan fingerprint density at radius 2 is 1.79 bits per heavy atom. The monoisotopic (exact) mass is 633 g/mol. The van der Waals surface area contributed by atoms with Crippen molar-refractivity contribution in [3.05, 3.63) is 52.0 Å². The number of ether oxygens (including phenoxy) is 4. The number of piperazine rings is 1. The molecule has 10 heteroatoms. The number of nitrogens with zero attached hydrogens (tertiary/aromatic N) is 3. The minimum absolute atomic E-state index is 0.102. The number of benzene rings is 2. The van der Waals surface area contributed by atoms with E-state index in [4.69, 9.17) is 42.1 Å². The van der Waals surface area contributed by atoms with Crippen LogP contribution >= 0.6 is 23.2 Å². The maximum Gasteiger partial charge on any atom is 0.511 e. The van der Waals surface area contributed by atoms with E-state index in [1.54, 1.807) is 0 Å². The molecule has 2 aliphatic heterocycles. The van der Waals surface area contributed by atoms with Gasteiger partial charge in [-0.3, -0.25) is 4.90 Å². The van der Waals surface area contributed by atoms with Gasteiger partial charge in [0, 0.05) is 38.7 Å². The predicted octanol–water partition coefficient (Wildman–Crippen LogP) is 8.15. The summed E-state index contributed by atoms with van der Waals surface area (Å²) in [6.45, 7) is 14.1. The number of carbonyl (C=O) groups is 1. The second-order valence-corrected chi connectivity index (χ2v) is 13.2. The lowest BCUT2D eigenvalue weighted by molar-refractivity contribution is -0.0167. The smallest absolute Gasteiger partial charge is 0.494 e. The van der Waals surface area contributed by atoms with Crippen molar-refractivity contribution in [3.63, 3.8) is 0 Å². The van der Waals surface area contributed by atoms with Gasteiger partial charge in [0.05, 0.1) is 28.0 Å². The second-order valence-electron chi connectivity index (χ2n) is 12.5. The number of aliphatic imine (C=N–C) groups is 1. The van der Waals surface area contributed by atoms with Crippen molar-refractivity contribution >= 4 is 46.6 Å². The van der Waals surface area contributed by atoms with E-state index in [-0.39, 0.29) is 12.2 Å². The van der Waals surface area contributed by atoms with Crippen LogP contribution in [0, 0.1) is 11.3 Å². The molecule has 0 unspecified atom stereocenters. The van der Waals surface area contributed by atoms with Crippen molar-refractivity contribution in [3.8, 4) is 5.75 Å². The van der Waals surface area contributed by atoms with Crippen LogP contribution in [-0.2, 0) is 20.6 Å². The summed E-state index contributed by atoms with van der Waals surface area (Å²) in [7, 11) is 0. The van der Waals surface area contributed by atoms with Gasteiger partial charge in [-0.2, -0.15) is 0 Å². The van der Waals surface area contributed by atoms with Gasteiger partial charge in [-0.05, 0) is 67.3 Å². The molecule has 1 saturated heterocycles. The number of hydrogen-bond donors (Lipinski definition) is 0. The number of anilines is 1. The molecule has 2 aromatic carbocycles. The van der Waals surface area contributed by atoms with Crippen molar-refractivity contribution in [1.29, 1.82) is 0 Å². The van der Waals surface area contributed by atoms with Crippen molar-refractivity contribution in [2.45, 2.75) is 59.8 Å². The molecule has 8 nitrogen and oxygen atoms in total. The largest absolute Gasteiger partial charge is 0.511 e. The molecule has 0 amide bonds. The van der Waals surface area contributed by atoms with E-state index in [0.717, 1.165) is 81.1 Å². The third-order valence-electron chi connectivity index (χ3n) is 7.64. The highest BCUT2D eigenvalue weighted by atomic mass is 35.5. The standard InChI is InChI=1S/C33H45Cl2N3O5/c1-24(2)21-33(3,4)22-41-32(39)43-23-42-30-13-11-25-10-12-26(20-28(25)36-30)40-19-6-5-14-37-15-17-38(18-16-37)29-9-7-8-27(34)31(29)35/h7-10,12,20,24H,5-6,11,13-19,21-23H2,1-4H3. The first-order chi connectivity index (χ1) is 20.6. The minimum Gasteiger partial charge on any atom is -0.494 e. The third-order valence-corrected chi connectivity index (χ3v) is 8.44. The molecule has 1 fully saturated rings. The van der Waals surface area contributed by atoms with Gasteiger partial charge in [0.15, 0.2) is 5.90 Å². The van der Waals surface area contributed by atoms with Crippen LogP contribution in [0.3, 0.4) is 0 Å². The molecule has 2 heterocycles. The van der Waals surface area contributed by atoms with E-state index in [1.807, 2.05) is 30.3 Å². The third kappa shape index (κ3) is 10.5. The Labute approximate surface area is 266 Å². The Morgan fingerprint density at radius 3 is 2.56 bits per heavy atom. The van der Waals surface area contributed by atoms with Gasteiger partial charge in [0.2, 0.25) is 6.79 Å². The number of aryl methyl sites for hydroxylation is 1. The lowest BCUT2D eigenvalue weighted by Crippen LogP contribution is -2.46. The molecule has 0 saturated carbocycles. The number of rotatable bonds is 13. The fraction of sp³-hybridized carbons (Fsp3) is 0.576. The molecule has 0 aliphatic carbocycles. The van der Waals surface area contributed by atoms with Crippen molar-refractivity contribution in [1.82, 2.24) is 4.90 Å². The normalized spacial score (nSPS) is 15.6. The molecule has 2 aliphatic rings. The fourth-order valence-corrected chi connectivity index (χ4v) is 6.08. The Kier molecular flexibility index (Phi) is 12.3. The van der Waals surface area contributed by atoms with Gasteiger partial charge in [0.1, 0.15) is 12.4 Å². The number of fused-ring (bicyclic) bond motifs is 1. The number of unbranched alkanes of at least 4 members (excludes halogenated alkanes) is 1. The Morgan fingerprint density at radius 1 is 1.00 bits per heavy atom. The molecule has 0 spiro atoms. The van der Waals surface area contributed by atoms with E-state index >= 15 is 0 Å². The Hall–Kier alpha value is -2.68. The van der Waals surface area contributed by atoms with Crippen LogP contribution in [0.4, 0.5) is 16.2 Å². The number of carbonyl (C=O) groups excluding carboxylic acids is 1. The van der Waals surface area contributed by atoms with E-state index in [0.29, 0.717) is 41.5 Å². The van der Waals surface area contributed by atoms with E-state index < -0.39 is 6.16 Å². The average molecular weight is 635 g/mol. The summed E-state index contributed by atoms with van der Waals surface area (Å²) in [6, 6.07) is 11.8. The van der Waals surface area contributed by atoms with Crippen LogP contribution in [0.15, 0.2) is 41.4 Å². The van der Waals surface area contributed by atoms with Crippen molar-refractivity contribution in [2.75, 3.05) is 57.6 Å². The van der Waals surface area contributed by atoms with Gasteiger partial charge in [-0.1, -0.05) is 63.0 Å². The summed E-state index contributed by atoms with van der Waals surface area (Å²) in [6.07, 6.45) is 3.72. The summed E-state index contributed by atoms with van der Waals surface area (Å²) >= 11 is 12.6. The molecule has 0 N–H and O–H groups in total. The van der Waals surface area contributed by atoms with E-state index in [9.17, 15) is 4.79 Å². The lowest BCUT2D eigenvalue weighted by atomic mass is 9.85. The minimum atomic E-state index is -0.728. The molecule has 0 aromatic heterocycles. The predicted molar refractivity (Wildman–Crippen MR) is 173 cm³/mol. The Bertz CT molecular complexity index is 1250. The molecule has 4 rings (SSSR count). The maximum atomic E-state index is 12.0. The molecule has 0 radical (unpaired) electrons. The molecular formula is C33H45Cl2N3O5. The maximum absolute atomic E-state index is 12.0. The Balaban J connectivity index is 1.12. The molecule has 2 aromatic rings. The first-order valence-electron chi connectivity index (χ1n) is 15.3. The average Bonchev–Trinajstić information content (AvgIpc) is 2.97. The zero-order chi connectivity index (χ0) is 30.8. The van der Waals surface area contributed by atoms with Crippen LogP contribution in [-0.4, -0.2) is 69.7 Å². The summed E-state index contributed by atoms with van der Waals surface area (Å²) in [4.78, 5) is 21.4. The topological polar surface area (TPSA) is 72.8 Å². The van der Waals surface area contributed by atoms with Gasteiger partial charge < -0.3 is 23.8 Å². The highest BCUT2D eigenvalue weighted by molar-refractivity contribution is 6.43. The second kappa shape index (κ2) is 15.9. The molecular weight excluding hydrogens is 589 g/mol. The van der Waals surface area contributed by atoms with Crippen LogP contribution in [0.5, 0.6) is 5.75 Å². The fourth-order valence-electron chi connectivity index (χ4n) is 5.67. The van der Waals surface area contributed by atoms with Crippen LogP contribution in [0.1, 0.15) is 58.9 Å². The zero-order valence-corrected chi connectivity index (χ0v) is 27.4. The van der Waals surface area contributed by atoms with E-state index in [1.165, 1.54) is 0 Å². The van der Waals surface area contributed by atoms with Crippen LogP contribution < -0.4 is 9.64 Å².